The Morgan fingerprint density at radius 2 is 1.90 bits per heavy atom. The molecule has 0 saturated carbocycles. The van der Waals surface area contributed by atoms with Gasteiger partial charge in [-0.1, -0.05) is 41.9 Å². The topological polar surface area (TPSA) is 32.3 Å². The number of carbonyl (C=O) groups excluding carboxylic acids is 1. The van der Waals surface area contributed by atoms with Gasteiger partial charge in [0.15, 0.2) is 0 Å². The molecular weight excluding hydrogens is 272 g/mol. The van der Waals surface area contributed by atoms with E-state index in [1.54, 1.807) is 18.0 Å². The smallest absolute Gasteiger partial charge is 0.321 e. The van der Waals surface area contributed by atoms with Crippen molar-refractivity contribution in [1.29, 1.82) is 0 Å². The first-order valence-electron chi connectivity index (χ1n) is 6.38. The van der Waals surface area contributed by atoms with Gasteiger partial charge >= 0.3 is 6.03 Å². The van der Waals surface area contributed by atoms with Crippen molar-refractivity contribution in [3.05, 3.63) is 64.7 Å². The quantitative estimate of drug-likeness (QED) is 0.896. The van der Waals surface area contributed by atoms with Crippen molar-refractivity contribution in [3.8, 4) is 0 Å². The average molecular weight is 289 g/mol. The highest BCUT2D eigenvalue weighted by Crippen LogP contribution is 2.20. The van der Waals surface area contributed by atoms with E-state index in [2.05, 4.69) is 5.32 Å². The largest absolute Gasteiger partial charge is 0.323 e. The summed E-state index contributed by atoms with van der Waals surface area (Å²) in [5, 5.41) is 3.55. The van der Waals surface area contributed by atoms with Gasteiger partial charge in [0.1, 0.15) is 0 Å². The third-order valence-corrected chi connectivity index (χ3v) is 3.27. The van der Waals surface area contributed by atoms with E-state index < -0.39 is 0 Å². The molecule has 0 radical (unpaired) electrons. The summed E-state index contributed by atoms with van der Waals surface area (Å²) < 4.78 is 0. The number of anilines is 1. The summed E-state index contributed by atoms with van der Waals surface area (Å²) in [5.74, 6) is 0. The zero-order valence-corrected chi connectivity index (χ0v) is 12.3. The number of amides is 2. The Balaban J connectivity index is 2.01. The van der Waals surface area contributed by atoms with Gasteiger partial charge in [-0.3, -0.25) is 0 Å². The number of nitrogens with one attached hydrogen (secondary N) is 1. The lowest BCUT2D eigenvalue weighted by atomic mass is 10.2. The van der Waals surface area contributed by atoms with Crippen molar-refractivity contribution in [2.75, 3.05) is 12.4 Å². The molecule has 1 N–H and O–H groups in total. The van der Waals surface area contributed by atoms with Crippen molar-refractivity contribution in [2.24, 2.45) is 0 Å². The number of hydrogen-bond donors (Lipinski definition) is 1. The fourth-order valence-electron chi connectivity index (χ4n) is 1.91. The molecule has 0 fully saturated rings. The van der Waals surface area contributed by atoms with E-state index >= 15 is 0 Å². The molecule has 2 rings (SSSR count). The third-order valence-electron chi connectivity index (χ3n) is 3.04. The Bertz CT molecular complexity index is 599. The summed E-state index contributed by atoms with van der Waals surface area (Å²) in [6.07, 6.45) is 0. The molecule has 0 bridgehead atoms. The summed E-state index contributed by atoms with van der Waals surface area (Å²) >= 11 is 5.90. The van der Waals surface area contributed by atoms with E-state index in [0.29, 0.717) is 11.6 Å². The lowest BCUT2D eigenvalue weighted by Crippen LogP contribution is -2.31. The molecular formula is C16H17ClN2O. The maximum atomic E-state index is 12.1. The van der Waals surface area contributed by atoms with Crippen LogP contribution in [0.25, 0.3) is 0 Å². The lowest BCUT2D eigenvalue weighted by Gasteiger charge is -2.19. The van der Waals surface area contributed by atoms with Crippen LogP contribution in [0.15, 0.2) is 48.5 Å². The summed E-state index contributed by atoms with van der Waals surface area (Å²) in [5.41, 5.74) is 2.82. The third kappa shape index (κ3) is 3.75. The first-order chi connectivity index (χ1) is 9.56. The van der Waals surface area contributed by atoms with Crippen molar-refractivity contribution >= 4 is 23.3 Å². The van der Waals surface area contributed by atoms with Crippen LogP contribution in [0.4, 0.5) is 10.5 Å². The molecule has 104 valence electrons. The van der Waals surface area contributed by atoms with E-state index in [1.807, 2.05) is 49.4 Å². The Kier molecular flexibility index (Phi) is 4.64. The summed E-state index contributed by atoms with van der Waals surface area (Å²) in [6.45, 7) is 2.48. The van der Waals surface area contributed by atoms with Gasteiger partial charge in [0.2, 0.25) is 0 Å². The SMILES string of the molecule is Cc1cc(Cl)ccc1NC(=O)N(C)Cc1ccccc1. The van der Waals surface area contributed by atoms with E-state index in [4.69, 9.17) is 11.6 Å². The van der Waals surface area contributed by atoms with Gasteiger partial charge in [0.25, 0.3) is 0 Å². The van der Waals surface area contributed by atoms with Crippen molar-refractivity contribution < 1.29 is 4.79 Å². The van der Waals surface area contributed by atoms with Crippen LogP contribution in [0.1, 0.15) is 11.1 Å². The van der Waals surface area contributed by atoms with Crippen LogP contribution in [0.2, 0.25) is 5.02 Å². The van der Waals surface area contributed by atoms with Crippen LogP contribution < -0.4 is 5.32 Å². The first-order valence-corrected chi connectivity index (χ1v) is 6.76. The summed E-state index contributed by atoms with van der Waals surface area (Å²) in [6, 6.07) is 15.1. The van der Waals surface area contributed by atoms with Crippen LogP contribution in [0.3, 0.4) is 0 Å². The van der Waals surface area contributed by atoms with Gasteiger partial charge in [0.05, 0.1) is 0 Å². The second kappa shape index (κ2) is 6.44. The molecule has 3 nitrogen and oxygen atoms in total. The number of urea groups is 1. The van der Waals surface area contributed by atoms with Crippen LogP contribution in [0, 0.1) is 6.92 Å². The maximum Gasteiger partial charge on any atom is 0.321 e. The first kappa shape index (κ1) is 14.4. The number of halogens is 1. The minimum absolute atomic E-state index is 0.140. The number of benzene rings is 2. The predicted molar refractivity (Wildman–Crippen MR) is 83.1 cm³/mol. The molecule has 2 amide bonds. The number of carbonyl (C=O) groups is 1. The number of nitrogens with zero attached hydrogens (tertiary/aromatic N) is 1. The minimum Gasteiger partial charge on any atom is -0.323 e. The van der Waals surface area contributed by atoms with Crippen LogP contribution in [-0.4, -0.2) is 18.0 Å². The Morgan fingerprint density at radius 3 is 2.55 bits per heavy atom. The Labute approximate surface area is 124 Å². The highest BCUT2D eigenvalue weighted by atomic mass is 35.5. The van der Waals surface area contributed by atoms with Gasteiger partial charge in [-0.15, -0.1) is 0 Å². The fourth-order valence-corrected chi connectivity index (χ4v) is 2.13. The molecule has 0 aromatic heterocycles. The summed E-state index contributed by atoms with van der Waals surface area (Å²) in [4.78, 5) is 13.8. The summed E-state index contributed by atoms with van der Waals surface area (Å²) in [7, 11) is 1.77. The van der Waals surface area contributed by atoms with E-state index in [-0.39, 0.29) is 6.03 Å². The Hall–Kier alpha value is -2.00. The molecule has 0 saturated heterocycles. The molecule has 4 heteroatoms. The van der Waals surface area contributed by atoms with Crippen molar-refractivity contribution in [2.45, 2.75) is 13.5 Å². The van der Waals surface area contributed by atoms with E-state index in [9.17, 15) is 4.79 Å². The molecule has 2 aromatic rings. The standard InChI is InChI=1S/C16H17ClN2O/c1-12-10-14(17)8-9-15(12)18-16(20)19(2)11-13-6-4-3-5-7-13/h3-10H,11H2,1-2H3,(H,18,20). The number of aryl methyl sites for hydroxylation is 1. The van der Waals surface area contributed by atoms with Crippen molar-refractivity contribution in [1.82, 2.24) is 4.90 Å². The van der Waals surface area contributed by atoms with Gasteiger partial charge in [-0.25, -0.2) is 4.79 Å². The second-order valence-electron chi connectivity index (χ2n) is 4.73. The van der Waals surface area contributed by atoms with Crippen LogP contribution in [0.5, 0.6) is 0 Å². The Morgan fingerprint density at radius 1 is 1.20 bits per heavy atom. The fraction of sp³-hybridized carbons (Fsp3) is 0.188. The molecule has 2 aromatic carbocycles. The minimum atomic E-state index is -0.140. The van der Waals surface area contributed by atoms with Crippen LogP contribution in [-0.2, 0) is 6.54 Å². The highest BCUT2D eigenvalue weighted by molar-refractivity contribution is 6.30. The number of rotatable bonds is 3. The molecule has 0 heterocycles. The molecule has 0 aliphatic carbocycles. The average Bonchev–Trinajstić information content (AvgIpc) is 2.43. The van der Waals surface area contributed by atoms with E-state index in [1.165, 1.54) is 0 Å². The molecule has 0 unspecified atom stereocenters. The monoisotopic (exact) mass is 288 g/mol. The molecule has 0 aliphatic rings. The zero-order chi connectivity index (χ0) is 14.5. The normalized spacial score (nSPS) is 10.2. The van der Waals surface area contributed by atoms with Crippen LogP contribution >= 0.6 is 11.6 Å². The second-order valence-corrected chi connectivity index (χ2v) is 5.17. The lowest BCUT2D eigenvalue weighted by molar-refractivity contribution is 0.220. The van der Waals surface area contributed by atoms with Gasteiger partial charge in [-0.2, -0.15) is 0 Å². The zero-order valence-electron chi connectivity index (χ0n) is 11.6. The number of hydrogen-bond acceptors (Lipinski definition) is 1. The maximum absolute atomic E-state index is 12.1. The molecule has 0 atom stereocenters. The molecule has 0 aliphatic heterocycles. The predicted octanol–water partition coefficient (Wildman–Crippen LogP) is 4.31. The van der Waals surface area contributed by atoms with Gasteiger partial charge in [-0.05, 0) is 36.2 Å². The molecule has 20 heavy (non-hydrogen) atoms. The van der Waals surface area contributed by atoms with Gasteiger partial charge < -0.3 is 10.2 Å². The van der Waals surface area contributed by atoms with Gasteiger partial charge in [0, 0.05) is 24.3 Å². The molecule has 0 spiro atoms. The van der Waals surface area contributed by atoms with Crippen molar-refractivity contribution in [3.63, 3.8) is 0 Å². The van der Waals surface area contributed by atoms with E-state index in [0.717, 1.165) is 16.8 Å². The highest BCUT2D eigenvalue weighted by Gasteiger charge is 2.10.